The van der Waals surface area contributed by atoms with Gasteiger partial charge in [-0.2, -0.15) is 0 Å². The number of aliphatic hydroxyl groups excluding tert-OH is 1. The number of carbonyl (C=O) groups is 1. The van der Waals surface area contributed by atoms with Crippen molar-refractivity contribution in [3.05, 3.63) is 119 Å². The van der Waals surface area contributed by atoms with Gasteiger partial charge in [-0.15, -0.1) is 0 Å². The van der Waals surface area contributed by atoms with Crippen LogP contribution < -0.4 is 10.1 Å². The summed E-state index contributed by atoms with van der Waals surface area (Å²) >= 11 is 0. The molecule has 1 aliphatic rings. The maximum atomic E-state index is 13.4. The third-order valence-electron chi connectivity index (χ3n) is 6.19. The van der Waals surface area contributed by atoms with E-state index in [0.29, 0.717) is 30.0 Å². The Kier molecular flexibility index (Phi) is 5.82. The molecule has 2 N–H and O–H groups in total. The third kappa shape index (κ3) is 4.04. The molecular weight excluding hydrogens is 431 g/mol. The second-order valence-corrected chi connectivity index (χ2v) is 8.25. The fourth-order valence-corrected chi connectivity index (χ4v) is 4.35. The van der Waals surface area contributed by atoms with Crippen LogP contribution in [0, 0.1) is 5.82 Å². The molecule has 1 amide bonds. The molecular formula is C28H23FN2O3. The molecule has 1 aromatic heterocycles. The highest BCUT2D eigenvalue weighted by Crippen LogP contribution is 2.41. The van der Waals surface area contributed by atoms with Crippen molar-refractivity contribution in [1.29, 1.82) is 0 Å². The van der Waals surface area contributed by atoms with Gasteiger partial charge < -0.3 is 15.2 Å². The van der Waals surface area contributed by atoms with Gasteiger partial charge in [0.2, 0.25) is 0 Å². The van der Waals surface area contributed by atoms with E-state index in [4.69, 9.17) is 4.74 Å². The fraction of sp³-hybridized carbons (Fsp3) is 0.143. The van der Waals surface area contributed by atoms with Gasteiger partial charge in [-0.05, 0) is 58.7 Å². The molecule has 6 heteroatoms. The highest BCUT2D eigenvalue weighted by atomic mass is 19.1. The van der Waals surface area contributed by atoms with Crippen LogP contribution in [-0.4, -0.2) is 22.6 Å². The highest BCUT2D eigenvalue weighted by molar-refractivity contribution is 5.95. The lowest BCUT2D eigenvalue weighted by Gasteiger charge is -2.39. The zero-order valence-corrected chi connectivity index (χ0v) is 18.4. The summed E-state index contributed by atoms with van der Waals surface area (Å²) in [6.07, 6.45) is 2.18. The number of rotatable bonds is 5. The maximum absolute atomic E-state index is 13.4. The average molecular weight is 455 g/mol. The van der Waals surface area contributed by atoms with Gasteiger partial charge in [0.1, 0.15) is 22.8 Å². The summed E-state index contributed by atoms with van der Waals surface area (Å²) < 4.78 is 19.2. The first kappa shape index (κ1) is 21.8. The van der Waals surface area contributed by atoms with Gasteiger partial charge in [0.25, 0.3) is 5.91 Å². The molecule has 0 saturated carbocycles. The number of benzene rings is 3. The molecule has 1 aliphatic heterocycles. The molecule has 34 heavy (non-hydrogen) atoms. The largest absolute Gasteiger partial charge is 0.491 e. The van der Waals surface area contributed by atoms with Crippen molar-refractivity contribution in [1.82, 2.24) is 10.3 Å². The lowest BCUT2D eigenvalue weighted by atomic mass is 9.80. The number of fused-ring (bicyclic) bond motifs is 1. The first-order valence-corrected chi connectivity index (χ1v) is 11.1. The maximum Gasteiger partial charge on any atom is 0.252 e. The first-order valence-electron chi connectivity index (χ1n) is 11.1. The van der Waals surface area contributed by atoms with Gasteiger partial charge in [0.05, 0.1) is 13.2 Å². The zero-order valence-electron chi connectivity index (χ0n) is 18.4. The van der Waals surface area contributed by atoms with Crippen molar-refractivity contribution >= 4 is 5.91 Å². The Hall–Kier alpha value is -4.03. The lowest BCUT2D eigenvalue weighted by molar-refractivity contribution is 0.0883. The fourth-order valence-electron chi connectivity index (χ4n) is 4.35. The SMILES string of the molecule is O=C(NC1(c2ccc(-c3ccc(CO)cc3)cc2)CCOc2cccnc21)c1ccc(F)cc1. The molecule has 1 unspecified atom stereocenters. The van der Waals surface area contributed by atoms with Crippen LogP contribution in [0.3, 0.4) is 0 Å². The Balaban J connectivity index is 1.55. The van der Waals surface area contributed by atoms with Gasteiger partial charge in [-0.1, -0.05) is 48.5 Å². The van der Waals surface area contributed by atoms with Crippen LogP contribution in [0.5, 0.6) is 5.75 Å². The Morgan fingerprint density at radius 2 is 1.65 bits per heavy atom. The number of halogens is 1. The van der Waals surface area contributed by atoms with Crippen molar-refractivity contribution in [3.63, 3.8) is 0 Å². The van der Waals surface area contributed by atoms with Crippen molar-refractivity contribution in [2.45, 2.75) is 18.6 Å². The summed E-state index contributed by atoms with van der Waals surface area (Å²) in [6.45, 7) is 0.413. The van der Waals surface area contributed by atoms with Gasteiger partial charge in [0.15, 0.2) is 0 Å². The predicted octanol–water partition coefficient (Wildman–Crippen LogP) is 4.84. The number of nitrogens with zero attached hydrogens (tertiary/aromatic N) is 1. The standard InChI is InChI=1S/C28H23FN2O3/c29-24-13-9-22(10-14-24)27(33)31-28(15-17-34-25-2-1-16-30-26(25)28)23-11-7-21(8-12-23)20-5-3-19(18-32)4-6-20/h1-14,16,32H,15,17-18H2,(H,31,33). The number of pyridine rings is 1. The topological polar surface area (TPSA) is 71.5 Å². The monoisotopic (exact) mass is 454 g/mol. The van der Waals surface area contributed by atoms with Crippen molar-refractivity contribution in [2.75, 3.05) is 6.61 Å². The summed E-state index contributed by atoms with van der Waals surface area (Å²) in [7, 11) is 0. The Morgan fingerprint density at radius 1 is 0.971 bits per heavy atom. The van der Waals surface area contributed by atoms with Crippen LogP contribution in [0.2, 0.25) is 0 Å². The number of aromatic nitrogens is 1. The van der Waals surface area contributed by atoms with Gasteiger partial charge in [0, 0.05) is 18.2 Å². The van der Waals surface area contributed by atoms with Crippen LogP contribution in [0.1, 0.15) is 33.6 Å². The summed E-state index contributed by atoms with van der Waals surface area (Å²) in [5.41, 5.74) is 3.87. The summed E-state index contributed by atoms with van der Waals surface area (Å²) in [5, 5.41) is 12.5. The minimum absolute atomic E-state index is 0.00394. The second kappa shape index (κ2) is 9.08. The van der Waals surface area contributed by atoms with Crippen LogP contribution >= 0.6 is 0 Å². The molecule has 0 saturated heterocycles. The van der Waals surface area contributed by atoms with Crippen LogP contribution in [0.25, 0.3) is 11.1 Å². The van der Waals surface area contributed by atoms with Crippen molar-refractivity contribution in [2.24, 2.45) is 0 Å². The van der Waals surface area contributed by atoms with Gasteiger partial charge in [-0.25, -0.2) is 4.39 Å². The summed E-state index contributed by atoms with van der Waals surface area (Å²) in [4.78, 5) is 17.8. The van der Waals surface area contributed by atoms with Crippen molar-refractivity contribution in [3.8, 4) is 16.9 Å². The number of carbonyl (C=O) groups excluding carboxylic acids is 1. The minimum atomic E-state index is -0.903. The Labute approximate surface area is 196 Å². The zero-order chi connectivity index (χ0) is 23.5. The van der Waals surface area contributed by atoms with E-state index in [1.807, 2.05) is 54.6 Å². The van der Waals surface area contributed by atoms with Crippen LogP contribution in [0.4, 0.5) is 4.39 Å². The molecule has 0 radical (unpaired) electrons. The number of hydrogen-bond acceptors (Lipinski definition) is 4. The molecule has 5 rings (SSSR count). The molecule has 2 heterocycles. The molecule has 3 aromatic carbocycles. The summed E-state index contributed by atoms with van der Waals surface area (Å²) in [5.74, 6) is -0.0917. The van der Waals surface area contributed by atoms with Gasteiger partial charge in [-0.3, -0.25) is 9.78 Å². The van der Waals surface area contributed by atoms with E-state index >= 15 is 0 Å². The van der Waals surface area contributed by atoms with E-state index in [1.54, 1.807) is 12.3 Å². The predicted molar refractivity (Wildman–Crippen MR) is 127 cm³/mol. The second-order valence-electron chi connectivity index (χ2n) is 8.25. The quantitative estimate of drug-likeness (QED) is 0.453. The number of ether oxygens (including phenoxy) is 1. The molecule has 0 bridgehead atoms. The Bertz CT molecular complexity index is 1310. The van der Waals surface area contributed by atoms with Crippen LogP contribution in [0.15, 0.2) is 91.1 Å². The minimum Gasteiger partial charge on any atom is -0.491 e. The molecule has 170 valence electrons. The number of nitrogens with one attached hydrogen (secondary N) is 1. The number of hydrogen-bond donors (Lipinski definition) is 2. The summed E-state index contributed by atoms with van der Waals surface area (Å²) in [6, 6.07) is 24.9. The van der Waals surface area contributed by atoms with Gasteiger partial charge >= 0.3 is 0 Å². The number of aliphatic hydroxyl groups is 1. The number of amides is 1. The molecule has 5 nitrogen and oxygen atoms in total. The molecule has 0 fully saturated rings. The molecule has 0 spiro atoms. The molecule has 4 aromatic rings. The smallest absolute Gasteiger partial charge is 0.252 e. The molecule has 0 aliphatic carbocycles. The van der Waals surface area contributed by atoms with E-state index < -0.39 is 11.4 Å². The van der Waals surface area contributed by atoms with E-state index in [1.165, 1.54) is 24.3 Å². The van der Waals surface area contributed by atoms with E-state index in [-0.39, 0.29) is 12.5 Å². The van der Waals surface area contributed by atoms with E-state index in [9.17, 15) is 14.3 Å². The third-order valence-corrected chi connectivity index (χ3v) is 6.19. The van der Waals surface area contributed by atoms with Crippen LogP contribution in [-0.2, 0) is 12.1 Å². The average Bonchev–Trinajstić information content (AvgIpc) is 2.89. The van der Waals surface area contributed by atoms with E-state index in [0.717, 1.165) is 22.3 Å². The Morgan fingerprint density at radius 3 is 2.32 bits per heavy atom. The normalized spacial score (nSPS) is 16.9. The lowest BCUT2D eigenvalue weighted by Crippen LogP contribution is -2.50. The van der Waals surface area contributed by atoms with Crippen molar-refractivity contribution < 1.29 is 19.0 Å². The van der Waals surface area contributed by atoms with E-state index in [2.05, 4.69) is 10.3 Å². The molecule has 1 atom stereocenters. The first-order chi connectivity index (χ1) is 16.6. The highest BCUT2D eigenvalue weighted by Gasteiger charge is 2.42.